The Balaban J connectivity index is 2.62. The lowest BCUT2D eigenvalue weighted by Gasteiger charge is -2.24. The predicted molar refractivity (Wildman–Crippen MR) is 97.2 cm³/mol. The van der Waals surface area contributed by atoms with E-state index in [0.717, 1.165) is 5.75 Å². The Hall–Kier alpha value is -0.520. The highest BCUT2D eigenvalue weighted by molar-refractivity contribution is 8.00. The van der Waals surface area contributed by atoms with E-state index < -0.39 is 15.5 Å². The SMILES string of the molecule is CC(C)(C)SCCNC(=O)C(C)(C)S(=O)c1ccc(Cl)cc1. The highest BCUT2D eigenvalue weighted by Gasteiger charge is 2.35. The van der Waals surface area contributed by atoms with Crippen molar-refractivity contribution in [3.63, 3.8) is 0 Å². The number of rotatable bonds is 6. The Morgan fingerprint density at radius 1 is 1.18 bits per heavy atom. The van der Waals surface area contributed by atoms with Gasteiger partial charge < -0.3 is 5.32 Å². The third-order valence-corrected chi connectivity index (χ3v) is 6.30. The predicted octanol–water partition coefficient (Wildman–Crippen LogP) is 3.87. The molecule has 1 unspecified atom stereocenters. The molecular formula is C16H24ClNO2S2. The molecule has 0 bridgehead atoms. The number of nitrogens with one attached hydrogen (secondary N) is 1. The second-order valence-electron chi connectivity index (χ2n) is 6.45. The molecule has 1 N–H and O–H groups in total. The molecule has 0 aromatic heterocycles. The van der Waals surface area contributed by atoms with Crippen molar-refractivity contribution >= 4 is 40.1 Å². The van der Waals surface area contributed by atoms with Gasteiger partial charge in [-0.1, -0.05) is 32.4 Å². The van der Waals surface area contributed by atoms with Gasteiger partial charge in [0.2, 0.25) is 5.91 Å². The van der Waals surface area contributed by atoms with E-state index in [-0.39, 0.29) is 10.7 Å². The van der Waals surface area contributed by atoms with Crippen LogP contribution >= 0.6 is 23.4 Å². The molecule has 1 amide bonds. The minimum Gasteiger partial charge on any atom is -0.354 e. The van der Waals surface area contributed by atoms with Crippen LogP contribution in [0.5, 0.6) is 0 Å². The Labute approximate surface area is 145 Å². The standard InChI is InChI=1S/C16H24ClNO2S2/c1-15(2,3)21-11-10-18-14(19)16(4,5)22(20)13-8-6-12(17)7-9-13/h6-9H,10-11H2,1-5H3,(H,18,19). The van der Waals surface area contributed by atoms with E-state index in [1.807, 2.05) is 0 Å². The number of hydrogen-bond acceptors (Lipinski definition) is 3. The molecule has 124 valence electrons. The van der Waals surface area contributed by atoms with Gasteiger partial charge in [-0.3, -0.25) is 9.00 Å². The fourth-order valence-electron chi connectivity index (χ4n) is 1.67. The summed E-state index contributed by atoms with van der Waals surface area (Å²) in [4.78, 5) is 12.9. The molecule has 0 aliphatic carbocycles. The zero-order valence-electron chi connectivity index (χ0n) is 13.7. The maximum absolute atomic E-state index is 12.6. The first-order valence-electron chi connectivity index (χ1n) is 7.14. The normalized spacial score (nSPS) is 13.7. The van der Waals surface area contributed by atoms with Crippen LogP contribution in [0.15, 0.2) is 29.2 Å². The van der Waals surface area contributed by atoms with Crippen LogP contribution in [0, 0.1) is 0 Å². The summed E-state index contributed by atoms with van der Waals surface area (Å²) in [6.45, 7) is 10.4. The van der Waals surface area contributed by atoms with Crippen LogP contribution in [-0.2, 0) is 15.6 Å². The van der Waals surface area contributed by atoms with Gasteiger partial charge in [-0.2, -0.15) is 11.8 Å². The van der Waals surface area contributed by atoms with Crippen molar-refractivity contribution in [3.05, 3.63) is 29.3 Å². The Morgan fingerprint density at radius 3 is 2.23 bits per heavy atom. The molecule has 3 nitrogen and oxygen atoms in total. The second kappa shape index (κ2) is 7.84. The lowest BCUT2D eigenvalue weighted by molar-refractivity contribution is -0.122. The smallest absolute Gasteiger partial charge is 0.238 e. The number of thioether (sulfide) groups is 1. The molecule has 0 radical (unpaired) electrons. The third kappa shape index (κ3) is 5.94. The van der Waals surface area contributed by atoms with Crippen molar-refractivity contribution in [2.75, 3.05) is 12.3 Å². The Kier molecular flexibility index (Phi) is 6.96. The highest BCUT2D eigenvalue weighted by atomic mass is 35.5. The summed E-state index contributed by atoms with van der Waals surface area (Å²) >= 11 is 7.62. The summed E-state index contributed by atoms with van der Waals surface area (Å²) in [5.74, 6) is 0.633. The van der Waals surface area contributed by atoms with Crippen LogP contribution in [0.3, 0.4) is 0 Å². The number of amides is 1. The molecule has 22 heavy (non-hydrogen) atoms. The lowest BCUT2D eigenvalue weighted by Crippen LogP contribution is -2.46. The number of halogens is 1. The van der Waals surface area contributed by atoms with Gasteiger partial charge in [0.1, 0.15) is 4.75 Å². The van der Waals surface area contributed by atoms with Gasteiger partial charge in [-0.25, -0.2) is 0 Å². The number of hydrogen-bond donors (Lipinski definition) is 1. The topological polar surface area (TPSA) is 46.2 Å². The molecule has 0 saturated heterocycles. The van der Waals surface area contributed by atoms with Gasteiger partial charge in [0, 0.05) is 27.0 Å². The molecule has 1 rings (SSSR count). The summed E-state index contributed by atoms with van der Waals surface area (Å²) in [6, 6.07) is 6.76. The van der Waals surface area contributed by atoms with Gasteiger partial charge in [0.05, 0.1) is 10.8 Å². The van der Waals surface area contributed by atoms with Crippen molar-refractivity contribution in [2.45, 2.75) is 49.0 Å². The van der Waals surface area contributed by atoms with Crippen LogP contribution in [-0.4, -0.2) is 31.9 Å². The molecule has 1 atom stereocenters. The molecule has 0 saturated carbocycles. The van der Waals surface area contributed by atoms with E-state index in [1.165, 1.54) is 0 Å². The average Bonchev–Trinajstić information content (AvgIpc) is 2.42. The molecule has 0 aliphatic heterocycles. The summed E-state index contributed by atoms with van der Waals surface area (Å²) in [5, 5.41) is 3.46. The maximum Gasteiger partial charge on any atom is 0.238 e. The van der Waals surface area contributed by atoms with Crippen molar-refractivity contribution in [2.24, 2.45) is 0 Å². The average molecular weight is 362 g/mol. The summed E-state index contributed by atoms with van der Waals surface area (Å²) in [5.41, 5.74) is 0. The van der Waals surface area contributed by atoms with Crippen LogP contribution < -0.4 is 5.32 Å². The number of carbonyl (C=O) groups excluding carboxylic acids is 1. The fraction of sp³-hybridized carbons (Fsp3) is 0.562. The van der Waals surface area contributed by atoms with Crippen LogP contribution in [0.25, 0.3) is 0 Å². The molecular weight excluding hydrogens is 338 g/mol. The largest absolute Gasteiger partial charge is 0.354 e. The highest BCUT2D eigenvalue weighted by Crippen LogP contribution is 2.24. The van der Waals surface area contributed by atoms with Crippen molar-refractivity contribution < 1.29 is 9.00 Å². The molecule has 0 heterocycles. The molecule has 1 aromatic rings. The van der Waals surface area contributed by atoms with E-state index in [9.17, 15) is 9.00 Å². The first-order valence-corrected chi connectivity index (χ1v) is 9.65. The van der Waals surface area contributed by atoms with Gasteiger partial charge in [-0.05, 0) is 38.1 Å². The van der Waals surface area contributed by atoms with E-state index in [4.69, 9.17) is 11.6 Å². The van der Waals surface area contributed by atoms with Crippen LogP contribution in [0.4, 0.5) is 0 Å². The minimum absolute atomic E-state index is 0.173. The molecule has 0 spiro atoms. The van der Waals surface area contributed by atoms with E-state index in [2.05, 4.69) is 26.1 Å². The van der Waals surface area contributed by atoms with Gasteiger partial charge in [0.25, 0.3) is 0 Å². The summed E-state index contributed by atoms with van der Waals surface area (Å²) < 4.78 is 11.8. The first kappa shape index (κ1) is 19.5. The van der Waals surface area contributed by atoms with Gasteiger partial charge in [0.15, 0.2) is 0 Å². The Bertz CT molecular complexity index is 536. The zero-order valence-corrected chi connectivity index (χ0v) is 16.1. The molecule has 6 heteroatoms. The second-order valence-corrected chi connectivity index (χ2v) is 10.8. The Morgan fingerprint density at radius 2 is 1.73 bits per heavy atom. The number of benzene rings is 1. The monoisotopic (exact) mass is 361 g/mol. The van der Waals surface area contributed by atoms with E-state index in [0.29, 0.717) is 16.5 Å². The maximum atomic E-state index is 12.6. The molecule has 1 aromatic carbocycles. The van der Waals surface area contributed by atoms with Gasteiger partial charge >= 0.3 is 0 Å². The quantitative estimate of drug-likeness (QED) is 0.782. The zero-order chi connectivity index (χ0) is 17.0. The first-order chi connectivity index (χ1) is 10.0. The van der Waals surface area contributed by atoms with Gasteiger partial charge in [-0.15, -0.1) is 0 Å². The lowest BCUT2D eigenvalue weighted by atomic mass is 10.2. The van der Waals surface area contributed by atoms with Crippen molar-refractivity contribution in [3.8, 4) is 0 Å². The van der Waals surface area contributed by atoms with E-state index in [1.54, 1.807) is 49.9 Å². The summed E-state index contributed by atoms with van der Waals surface area (Å²) in [7, 11) is -1.43. The molecule has 0 fully saturated rings. The fourth-order valence-corrected chi connectivity index (χ4v) is 3.83. The number of carbonyl (C=O) groups is 1. The van der Waals surface area contributed by atoms with E-state index >= 15 is 0 Å². The molecule has 0 aliphatic rings. The summed E-state index contributed by atoms with van der Waals surface area (Å²) in [6.07, 6.45) is 0. The van der Waals surface area contributed by atoms with Crippen molar-refractivity contribution in [1.29, 1.82) is 0 Å². The van der Waals surface area contributed by atoms with Crippen LogP contribution in [0.2, 0.25) is 5.02 Å². The van der Waals surface area contributed by atoms with Crippen molar-refractivity contribution in [1.82, 2.24) is 5.32 Å². The minimum atomic E-state index is -1.43. The van der Waals surface area contributed by atoms with Crippen LogP contribution in [0.1, 0.15) is 34.6 Å². The third-order valence-electron chi connectivity index (χ3n) is 2.96.